The molecule has 0 radical (unpaired) electrons. The molecule has 0 saturated heterocycles. The zero-order chi connectivity index (χ0) is 46.1. The third kappa shape index (κ3) is 6.10. The highest BCUT2D eigenvalue weighted by Crippen LogP contribution is 2.48. The molecule has 0 amide bonds. The molecule has 0 aliphatic rings. The summed E-state index contributed by atoms with van der Waals surface area (Å²) in [4.78, 5) is 0. The lowest BCUT2D eigenvalue weighted by Gasteiger charge is -2.21. The van der Waals surface area contributed by atoms with Crippen molar-refractivity contribution in [2.24, 2.45) is 0 Å². The molecular formula is C66H51NO. The van der Waals surface area contributed by atoms with E-state index in [1.807, 2.05) is 0 Å². The minimum absolute atomic E-state index is 0.0212. The Bertz CT molecular complexity index is 4020. The average molecular weight is 874 g/mol. The molecule has 0 aliphatic heterocycles. The van der Waals surface area contributed by atoms with Crippen LogP contribution >= 0.6 is 0 Å². The summed E-state index contributed by atoms with van der Waals surface area (Å²) in [5.41, 5.74) is 15.4. The maximum atomic E-state index is 6.82. The third-order valence-corrected chi connectivity index (χ3v) is 14.7. The van der Waals surface area contributed by atoms with Crippen LogP contribution < -0.4 is 0 Å². The fourth-order valence-electron chi connectivity index (χ4n) is 11.3. The molecule has 0 spiro atoms. The van der Waals surface area contributed by atoms with Gasteiger partial charge < -0.3 is 8.98 Å². The maximum Gasteiger partial charge on any atom is 0.136 e. The molecule has 0 unspecified atom stereocenters. The van der Waals surface area contributed by atoms with Crippen LogP contribution in [-0.2, 0) is 10.8 Å². The van der Waals surface area contributed by atoms with Gasteiger partial charge in [0.25, 0.3) is 0 Å². The summed E-state index contributed by atoms with van der Waals surface area (Å²) in [5, 5.41) is 14.7. The SMILES string of the molecule is CC(C)(C)c1ccc2c(c1)c1cc(C(C)(C)C)ccc1n2-c1c2ccccc2c(-c2ccc3c(c2)oc2ccc(-c4c5ccccc5c(-c5ccccc5)c5ccccc45)cc23)c2ccccc12. The Hall–Kier alpha value is -7.94. The van der Waals surface area contributed by atoms with Crippen LogP contribution in [0.25, 0.3) is 126 Å². The fraction of sp³-hybridized carbons (Fsp3) is 0.121. The van der Waals surface area contributed by atoms with Gasteiger partial charge in [-0.25, -0.2) is 0 Å². The van der Waals surface area contributed by atoms with Crippen molar-refractivity contribution in [1.29, 1.82) is 0 Å². The van der Waals surface area contributed by atoms with Gasteiger partial charge >= 0.3 is 0 Å². The van der Waals surface area contributed by atoms with Crippen LogP contribution in [0.3, 0.4) is 0 Å². The number of hydrogen-bond donors (Lipinski definition) is 0. The molecular weight excluding hydrogens is 823 g/mol. The molecule has 0 aliphatic carbocycles. The molecule has 2 nitrogen and oxygen atoms in total. The van der Waals surface area contributed by atoms with E-state index in [-0.39, 0.29) is 10.8 Å². The molecule has 2 aromatic heterocycles. The number of rotatable bonds is 4. The van der Waals surface area contributed by atoms with E-state index >= 15 is 0 Å². The summed E-state index contributed by atoms with van der Waals surface area (Å²) in [5.74, 6) is 0. The van der Waals surface area contributed by atoms with Gasteiger partial charge in [-0.2, -0.15) is 0 Å². The van der Waals surface area contributed by atoms with Gasteiger partial charge in [0.2, 0.25) is 0 Å². The topological polar surface area (TPSA) is 18.1 Å². The lowest BCUT2D eigenvalue weighted by atomic mass is 9.85. The highest BCUT2D eigenvalue weighted by Gasteiger charge is 2.25. The average Bonchev–Trinajstić information content (AvgIpc) is 3.88. The van der Waals surface area contributed by atoms with Crippen molar-refractivity contribution < 1.29 is 4.42 Å². The summed E-state index contributed by atoms with van der Waals surface area (Å²) in [6.45, 7) is 13.9. The molecule has 326 valence electrons. The molecule has 13 rings (SSSR count). The Labute approximate surface area is 396 Å². The summed E-state index contributed by atoms with van der Waals surface area (Å²) >= 11 is 0. The molecule has 0 N–H and O–H groups in total. The quantitative estimate of drug-likeness (QED) is 0.161. The number of benzene rings is 11. The van der Waals surface area contributed by atoms with Crippen LogP contribution in [0.15, 0.2) is 205 Å². The molecule has 2 heteroatoms. The second-order valence-electron chi connectivity index (χ2n) is 20.8. The first-order valence-electron chi connectivity index (χ1n) is 24.0. The third-order valence-electron chi connectivity index (χ3n) is 14.7. The van der Waals surface area contributed by atoms with E-state index in [1.165, 1.54) is 110 Å². The Kier molecular flexibility index (Phi) is 8.77. The summed E-state index contributed by atoms with van der Waals surface area (Å²) in [6.07, 6.45) is 0. The normalized spacial score (nSPS) is 12.6. The number of aromatic nitrogens is 1. The summed E-state index contributed by atoms with van der Waals surface area (Å²) in [6, 6.07) is 74.4. The molecule has 68 heavy (non-hydrogen) atoms. The molecule has 11 aromatic carbocycles. The van der Waals surface area contributed by atoms with E-state index in [1.54, 1.807) is 0 Å². The van der Waals surface area contributed by atoms with E-state index < -0.39 is 0 Å². The van der Waals surface area contributed by atoms with Crippen molar-refractivity contribution in [2.75, 3.05) is 0 Å². The van der Waals surface area contributed by atoms with E-state index in [2.05, 4.69) is 246 Å². The standard InChI is InChI=1S/C66H51NO/c1-65(2,3)43-30-33-57-54(38-43)55-39-44(66(4,5)6)31-34-58(55)67(57)64-52-26-16-14-24-50(52)63(51-25-15-17-27-53(51)64)42-28-32-45-56-36-41(29-35-59(56)68-60(45)37-42)62-48-22-12-10-20-46(48)61(40-18-8-7-9-19-40)47-21-11-13-23-49(47)62/h7-39H,1-6H3. The van der Waals surface area contributed by atoms with Gasteiger partial charge in [-0.05, 0) is 136 Å². The van der Waals surface area contributed by atoms with E-state index in [0.717, 1.165) is 27.5 Å². The van der Waals surface area contributed by atoms with E-state index in [4.69, 9.17) is 4.42 Å². The van der Waals surface area contributed by atoms with Crippen LogP contribution in [0.1, 0.15) is 52.7 Å². The van der Waals surface area contributed by atoms with Crippen LogP contribution in [0.5, 0.6) is 0 Å². The Morgan fingerprint density at radius 1 is 0.294 bits per heavy atom. The first-order chi connectivity index (χ1) is 33.0. The van der Waals surface area contributed by atoms with Gasteiger partial charge in [0.05, 0.1) is 16.7 Å². The van der Waals surface area contributed by atoms with Crippen molar-refractivity contribution in [3.8, 4) is 39.1 Å². The number of furan rings is 1. The monoisotopic (exact) mass is 873 g/mol. The Morgan fingerprint density at radius 2 is 0.706 bits per heavy atom. The highest BCUT2D eigenvalue weighted by atomic mass is 16.3. The summed E-state index contributed by atoms with van der Waals surface area (Å²) in [7, 11) is 0. The predicted molar refractivity (Wildman–Crippen MR) is 292 cm³/mol. The van der Waals surface area contributed by atoms with Gasteiger partial charge in [0.15, 0.2) is 0 Å². The Morgan fingerprint density at radius 3 is 1.19 bits per heavy atom. The second-order valence-corrected chi connectivity index (χ2v) is 20.8. The van der Waals surface area contributed by atoms with Gasteiger partial charge in [0.1, 0.15) is 11.2 Å². The van der Waals surface area contributed by atoms with Gasteiger partial charge in [-0.15, -0.1) is 0 Å². The van der Waals surface area contributed by atoms with Crippen molar-refractivity contribution in [2.45, 2.75) is 52.4 Å². The molecule has 0 fully saturated rings. The lowest BCUT2D eigenvalue weighted by molar-refractivity contribution is 0.590. The molecule has 0 bridgehead atoms. The maximum absolute atomic E-state index is 6.82. The van der Waals surface area contributed by atoms with E-state index in [9.17, 15) is 0 Å². The minimum atomic E-state index is 0.0212. The second kappa shape index (κ2) is 14.8. The van der Waals surface area contributed by atoms with Crippen LogP contribution in [0.2, 0.25) is 0 Å². The first-order valence-corrected chi connectivity index (χ1v) is 24.0. The zero-order valence-corrected chi connectivity index (χ0v) is 39.4. The number of hydrogen-bond acceptors (Lipinski definition) is 1. The van der Waals surface area contributed by atoms with Crippen molar-refractivity contribution in [3.05, 3.63) is 211 Å². The van der Waals surface area contributed by atoms with Gasteiger partial charge in [-0.3, -0.25) is 0 Å². The summed E-state index contributed by atoms with van der Waals surface area (Å²) < 4.78 is 9.36. The smallest absolute Gasteiger partial charge is 0.136 e. The zero-order valence-electron chi connectivity index (χ0n) is 39.4. The number of nitrogens with zero attached hydrogens (tertiary/aromatic N) is 1. The van der Waals surface area contributed by atoms with Crippen LogP contribution in [-0.4, -0.2) is 4.57 Å². The van der Waals surface area contributed by atoms with Gasteiger partial charge in [0, 0.05) is 32.3 Å². The van der Waals surface area contributed by atoms with Crippen molar-refractivity contribution >= 4 is 86.8 Å². The highest BCUT2D eigenvalue weighted by molar-refractivity contribution is 6.24. The van der Waals surface area contributed by atoms with Crippen molar-refractivity contribution in [3.63, 3.8) is 0 Å². The molecule has 13 aromatic rings. The minimum Gasteiger partial charge on any atom is -0.456 e. The first kappa shape index (κ1) is 40.3. The lowest BCUT2D eigenvalue weighted by Crippen LogP contribution is -2.10. The largest absolute Gasteiger partial charge is 0.456 e. The van der Waals surface area contributed by atoms with E-state index in [0.29, 0.717) is 0 Å². The number of fused-ring (bicyclic) bond motifs is 10. The van der Waals surface area contributed by atoms with Gasteiger partial charge in [-0.1, -0.05) is 193 Å². The van der Waals surface area contributed by atoms with Crippen LogP contribution in [0, 0.1) is 0 Å². The van der Waals surface area contributed by atoms with Crippen molar-refractivity contribution in [1.82, 2.24) is 4.57 Å². The predicted octanol–water partition coefficient (Wildman–Crippen LogP) is 18.9. The fourth-order valence-corrected chi connectivity index (χ4v) is 11.3. The molecule has 0 atom stereocenters. The Balaban J connectivity index is 1.01. The van der Waals surface area contributed by atoms with Crippen LogP contribution in [0.4, 0.5) is 0 Å². The molecule has 0 saturated carbocycles. The molecule has 2 heterocycles.